The van der Waals surface area contributed by atoms with Crippen LogP contribution in [-0.4, -0.2) is 77.4 Å². The first-order valence-electron chi connectivity index (χ1n) is 13.3. The lowest BCUT2D eigenvalue weighted by Crippen LogP contribution is -2.53. The summed E-state index contributed by atoms with van der Waals surface area (Å²) in [6.45, 7) is 1.47. The number of carbonyl (C=O) groups is 4. The van der Waals surface area contributed by atoms with Crippen molar-refractivity contribution in [3.63, 3.8) is 0 Å². The van der Waals surface area contributed by atoms with E-state index in [0.29, 0.717) is 40.7 Å². The molecule has 12 nitrogen and oxygen atoms in total. The highest BCUT2D eigenvalue weighted by atomic mass is 35.5. The number of carboxylic acid groups (broad SMARTS) is 1. The number of halogens is 2. The van der Waals surface area contributed by atoms with Crippen molar-refractivity contribution in [3.8, 4) is 0 Å². The lowest BCUT2D eigenvalue weighted by molar-refractivity contribution is -0.140. The van der Waals surface area contributed by atoms with Crippen LogP contribution in [0.3, 0.4) is 0 Å². The molecule has 218 valence electrons. The molecule has 5 rings (SSSR count). The Morgan fingerprint density at radius 3 is 2.60 bits per heavy atom. The van der Waals surface area contributed by atoms with Gasteiger partial charge in [-0.3, -0.25) is 19.2 Å². The lowest BCUT2D eigenvalue weighted by atomic mass is 10.1. The second kappa shape index (κ2) is 12.3. The molecule has 0 saturated carbocycles. The number of tetrazole rings is 1. The fraction of sp³-hybridized carbons (Fsp3) is 0.321. The number of H-pyrrole nitrogens is 1. The number of Topliss-reactive ketones (excluding diaryl/α,β-unsaturated/α-hetero) is 1. The van der Waals surface area contributed by atoms with E-state index in [0.717, 1.165) is 16.5 Å². The largest absolute Gasteiger partial charge is 0.481 e. The number of aryl methyl sites for hydroxylation is 1. The molecule has 0 aliphatic carbocycles. The quantitative estimate of drug-likeness (QED) is 0.246. The van der Waals surface area contributed by atoms with Crippen molar-refractivity contribution in [1.29, 1.82) is 0 Å². The maximum Gasteiger partial charge on any atom is 0.305 e. The SMILES string of the molecule is C[C@@H](C(=O)NC(CC(=O)O)C(=O)Cn1nnnc1Cc1c(Cl)cccc1Cl)N1CCCc2c([nH]c3ccccc23)C1=O. The second-order valence-corrected chi connectivity index (χ2v) is 10.9. The van der Waals surface area contributed by atoms with E-state index < -0.39 is 42.7 Å². The number of amides is 2. The molecule has 14 heteroatoms. The monoisotopic (exact) mass is 611 g/mol. The molecule has 2 atom stereocenters. The summed E-state index contributed by atoms with van der Waals surface area (Å²) in [6, 6.07) is 10.3. The topological polar surface area (TPSA) is 163 Å². The van der Waals surface area contributed by atoms with E-state index in [1.807, 2.05) is 24.3 Å². The minimum atomic E-state index is -1.39. The van der Waals surface area contributed by atoms with Gasteiger partial charge in [0.2, 0.25) is 5.91 Å². The van der Waals surface area contributed by atoms with Crippen molar-refractivity contribution in [2.45, 2.75) is 51.2 Å². The molecule has 1 aliphatic heterocycles. The number of rotatable bonds is 10. The zero-order valence-electron chi connectivity index (χ0n) is 22.5. The summed E-state index contributed by atoms with van der Waals surface area (Å²) >= 11 is 12.5. The molecular weight excluding hydrogens is 585 g/mol. The molecule has 0 fully saturated rings. The highest BCUT2D eigenvalue weighted by Crippen LogP contribution is 2.28. The maximum atomic E-state index is 13.5. The molecule has 0 bridgehead atoms. The van der Waals surface area contributed by atoms with Crippen LogP contribution in [0.2, 0.25) is 10.0 Å². The average Bonchev–Trinajstić information content (AvgIpc) is 3.51. The van der Waals surface area contributed by atoms with Crippen LogP contribution in [0.5, 0.6) is 0 Å². The third-order valence-corrected chi connectivity index (χ3v) is 8.06. The van der Waals surface area contributed by atoms with Crippen molar-refractivity contribution in [1.82, 2.24) is 35.4 Å². The zero-order chi connectivity index (χ0) is 30.0. The van der Waals surface area contributed by atoms with E-state index in [-0.39, 0.29) is 18.2 Å². The van der Waals surface area contributed by atoms with Crippen LogP contribution in [0.25, 0.3) is 10.9 Å². The molecule has 2 aromatic heterocycles. The summed E-state index contributed by atoms with van der Waals surface area (Å²) in [7, 11) is 0. The highest BCUT2D eigenvalue weighted by molar-refractivity contribution is 6.36. The first-order chi connectivity index (χ1) is 20.1. The Morgan fingerprint density at radius 2 is 1.86 bits per heavy atom. The average molecular weight is 612 g/mol. The van der Waals surface area contributed by atoms with Gasteiger partial charge in [-0.2, -0.15) is 0 Å². The predicted molar refractivity (Wildman–Crippen MR) is 153 cm³/mol. The number of aromatic nitrogens is 5. The van der Waals surface area contributed by atoms with Gasteiger partial charge in [0.25, 0.3) is 5.91 Å². The van der Waals surface area contributed by atoms with Gasteiger partial charge in [-0.15, -0.1) is 5.10 Å². The summed E-state index contributed by atoms with van der Waals surface area (Å²) in [5.74, 6) is -2.62. The minimum absolute atomic E-state index is 0.124. The van der Waals surface area contributed by atoms with E-state index >= 15 is 0 Å². The smallest absolute Gasteiger partial charge is 0.305 e. The van der Waals surface area contributed by atoms with Gasteiger partial charge in [0.05, 0.1) is 12.5 Å². The Hall–Kier alpha value is -4.29. The number of carboxylic acids is 1. The summed E-state index contributed by atoms with van der Waals surface area (Å²) in [6.07, 6.45) is 0.751. The number of para-hydroxylation sites is 1. The molecule has 42 heavy (non-hydrogen) atoms. The van der Waals surface area contributed by atoms with Crippen LogP contribution in [0.4, 0.5) is 0 Å². The number of nitrogens with one attached hydrogen (secondary N) is 2. The number of hydrogen-bond donors (Lipinski definition) is 3. The normalized spacial score (nSPS) is 14.7. The zero-order valence-corrected chi connectivity index (χ0v) is 24.0. The Bertz CT molecular complexity index is 1660. The van der Waals surface area contributed by atoms with Gasteiger partial charge >= 0.3 is 5.97 Å². The number of aromatic amines is 1. The number of carbonyl (C=O) groups excluding carboxylic acids is 3. The number of fused-ring (bicyclic) bond motifs is 3. The molecule has 0 saturated heterocycles. The minimum Gasteiger partial charge on any atom is -0.481 e. The van der Waals surface area contributed by atoms with E-state index in [1.165, 1.54) is 9.58 Å². The van der Waals surface area contributed by atoms with Gasteiger partial charge in [0.1, 0.15) is 18.3 Å². The van der Waals surface area contributed by atoms with E-state index in [2.05, 4.69) is 25.8 Å². The Morgan fingerprint density at radius 1 is 1.12 bits per heavy atom. The number of ketones is 1. The first kappa shape index (κ1) is 29.2. The van der Waals surface area contributed by atoms with Crippen molar-refractivity contribution in [3.05, 3.63) is 75.2 Å². The van der Waals surface area contributed by atoms with Crippen molar-refractivity contribution in [2.75, 3.05) is 6.54 Å². The van der Waals surface area contributed by atoms with Crippen LogP contribution >= 0.6 is 23.2 Å². The van der Waals surface area contributed by atoms with Crippen LogP contribution < -0.4 is 5.32 Å². The third kappa shape index (κ3) is 6.00. The number of benzene rings is 2. The van der Waals surface area contributed by atoms with Gasteiger partial charge in [0, 0.05) is 33.9 Å². The molecule has 4 aromatic rings. The van der Waals surface area contributed by atoms with E-state index in [9.17, 15) is 24.3 Å². The summed E-state index contributed by atoms with van der Waals surface area (Å²) in [5.41, 5.74) is 2.73. The van der Waals surface area contributed by atoms with Crippen molar-refractivity contribution < 1.29 is 24.3 Å². The van der Waals surface area contributed by atoms with E-state index in [1.54, 1.807) is 25.1 Å². The third-order valence-electron chi connectivity index (χ3n) is 7.35. The summed E-state index contributed by atoms with van der Waals surface area (Å²) < 4.78 is 1.21. The van der Waals surface area contributed by atoms with Gasteiger partial charge < -0.3 is 20.3 Å². The second-order valence-electron chi connectivity index (χ2n) is 10.1. The molecule has 3 N–H and O–H groups in total. The fourth-order valence-corrected chi connectivity index (χ4v) is 5.66. The molecule has 1 aliphatic rings. The predicted octanol–water partition coefficient (Wildman–Crippen LogP) is 3.06. The number of aliphatic carboxylic acids is 1. The van der Waals surface area contributed by atoms with Crippen molar-refractivity contribution >= 4 is 57.7 Å². The Balaban J connectivity index is 1.30. The molecule has 0 radical (unpaired) electrons. The van der Waals surface area contributed by atoms with Crippen LogP contribution in [0, 0.1) is 0 Å². The maximum absolute atomic E-state index is 13.5. The summed E-state index contributed by atoms with van der Waals surface area (Å²) in [4.78, 5) is 56.3. The van der Waals surface area contributed by atoms with E-state index in [4.69, 9.17) is 23.2 Å². The molecule has 2 amide bonds. The van der Waals surface area contributed by atoms with Crippen LogP contribution in [-0.2, 0) is 33.8 Å². The number of nitrogens with zero attached hydrogens (tertiary/aromatic N) is 5. The molecule has 3 heterocycles. The van der Waals surface area contributed by atoms with Crippen LogP contribution in [0.1, 0.15) is 47.2 Å². The standard InChI is InChI=1S/C28H27Cl2N7O5/c1-15(36-11-5-7-17-16-6-2-3-10-21(16)31-26(17)28(36)42)27(41)32-22(13-25(39)40)23(38)14-37-24(33-34-35-37)12-18-19(29)8-4-9-20(18)30/h2-4,6,8-10,15,22,31H,5,7,11-14H2,1H3,(H,32,41)(H,39,40)/t15-,22?/m0/s1. The first-order valence-corrected chi connectivity index (χ1v) is 14.0. The molecular formula is C28H27Cl2N7O5. The Kier molecular flexibility index (Phi) is 8.55. The fourth-order valence-electron chi connectivity index (χ4n) is 5.13. The van der Waals surface area contributed by atoms with Crippen molar-refractivity contribution in [2.24, 2.45) is 0 Å². The van der Waals surface area contributed by atoms with Crippen LogP contribution in [0.15, 0.2) is 42.5 Å². The van der Waals surface area contributed by atoms with Gasteiger partial charge in [-0.05, 0) is 59.5 Å². The molecule has 0 spiro atoms. The van der Waals surface area contributed by atoms with Gasteiger partial charge in [-0.1, -0.05) is 47.5 Å². The van der Waals surface area contributed by atoms with Gasteiger partial charge in [0.15, 0.2) is 11.6 Å². The highest BCUT2D eigenvalue weighted by Gasteiger charge is 2.34. The lowest BCUT2D eigenvalue weighted by Gasteiger charge is -2.28. The molecule has 1 unspecified atom stereocenters. The number of hydrogen-bond acceptors (Lipinski definition) is 7. The molecule has 2 aromatic carbocycles. The summed E-state index contributed by atoms with van der Waals surface area (Å²) in [5, 5.41) is 25.2. The van der Waals surface area contributed by atoms with Gasteiger partial charge in [-0.25, -0.2) is 4.68 Å². The Labute approximate surface area is 250 Å².